The molecule has 2 atom stereocenters. The fraction of sp³-hybridized carbons (Fsp3) is 1.00. The molecule has 0 saturated carbocycles. The van der Waals surface area contributed by atoms with Crippen molar-refractivity contribution in [1.82, 2.24) is 10.2 Å². The average Bonchev–Trinajstić information content (AvgIpc) is 2.26. The third-order valence-electron chi connectivity index (χ3n) is 3.17. The average molecular weight is 200 g/mol. The van der Waals surface area contributed by atoms with Crippen LogP contribution in [0.15, 0.2) is 0 Å². The molecule has 0 aromatic rings. The van der Waals surface area contributed by atoms with Crippen LogP contribution in [0, 0.1) is 0 Å². The van der Waals surface area contributed by atoms with Crippen LogP contribution < -0.4 is 5.32 Å². The van der Waals surface area contributed by atoms with Gasteiger partial charge in [-0.1, -0.05) is 0 Å². The van der Waals surface area contributed by atoms with Crippen LogP contribution >= 0.6 is 0 Å². The van der Waals surface area contributed by atoms with Crippen LogP contribution in [-0.2, 0) is 4.74 Å². The summed E-state index contributed by atoms with van der Waals surface area (Å²) in [6, 6.07) is 0.623. The predicted molar refractivity (Wildman–Crippen MR) is 59.6 cm³/mol. The fourth-order valence-electron chi connectivity index (χ4n) is 1.93. The van der Waals surface area contributed by atoms with Gasteiger partial charge in [0.15, 0.2) is 0 Å². The van der Waals surface area contributed by atoms with Gasteiger partial charge >= 0.3 is 0 Å². The van der Waals surface area contributed by atoms with E-state index in [0.29, 0.717) is 12.1 Å². The summed E-state index contributed by atoms with van der Waals surface area (Å²) in [6.45, 7) is 5.79. The van der Waals surface area contributed by atoms with E-state index in [4.69, 9.17) is 4.74 Å². The monoisotopic (exact) mass is 200 g/mol. The molecular weight excluding hydrogens is 176 g/mol. The lowest BCUT2D eigenvalue weighted by Gasteiger charge is -2.32. The number of nitrogens with zero attached hydrogens (tertiary/aromatic N) is 1. The lowest BCUT2D eigenvalue weighted by Crippen LogP contribution is -2.41. The van der Waals surface area contributed by atoms with E-state index in [-0.39, 0.29) is 0 Å². The molecule has 0 bridgehead atoms. The van der Waals surface area contributed by atoms with E-state index in [2.05, 4.69) is 17.1 Å². The zero-order valence-corrected chi connectivity index (χ0v) is 9.75. The highest BCUT2D eigenvalue weighted by atomic mass is 16.5. The second kappa shape index (κ2) is 6.38. The van der Waals surface area contributed by atoms with Crippen molar-refractivity contribution in [1.29, 1.82) is 0 Å². The molecule has 0 aliphatic carbocycles. The predicted octanol–water partition coefficient (Wildman–Crippen LogP) is 1.10. The summed E-state index contributed by atoms with van der Waals surface area (Å²) in [5.74, 6) is 0. The smallest absolute Gasteiger partial charge is 0.0698 e. The molecule has 1 aliphatic rings. The van der Waals surface area contributed by atoms with Crippen molar-refractivity contribution in [3.63, 3.8) is 0 Å². The Morgan fingerprint density at radius 3 is 3.00 bits per heavy atom. The van der Waals surface area contributed by atoms with Crippen LogP contribution in [0.2, 0.25) is 0 Å². The van der Waals surface area contributed by atoms with Gasteiger partial charge in [0.05, 0.1) is 6.10 Å². The summed E-state index contributed by atoms with van der Waals surface area (Å²) in [6.07, 6.45) is 4.21. The zero-order chi connectivity index (χ0) is 10.4. The minimum atomic E-state index is 0.466. The van der Waals surface area contributed by atoms with E-state index >= 15 is 0 Å². The summed E-state index contributed by atoms with van der Waals surface area (Å²) < 4.78 is 5.40. The van der Waals surface area contributed by atoms with Gasteiger partial charge < -0.3 is 15.0 Å². The molecule has 1 fully saturated rings. The van der Waals surface area contributed by atoms with Crippen molar-refractivity contribution in [2.24, 2.45) is 0 Å². The van der Waals surface area contributed by atoms with E-state index in [0.717, 1.165) is 6.54 Å². The Kier molecular flexibility index (Phi) is 5.45. The van der Waals surface area contributed by atoms with Crippen molar-refractivity contribution in [3.05, 3.63) is 0 Å². The molecular formula is C11H24N2O. The molecule has 1 heterocycles. The Morgan fingerprint density at radius 1 is 1.57 bits per heavy atom. The largest absolute Gasteiger partial charge is 0.380 e. The van der Waals surface area contributed by atoms with Gasteiger partial charge in [0, 0.05) is 19.7 Å². The Hall–Kier alpha value is -0.120. The first kappa shape index (κ1) is 12.0. The minimum Gasteiger partial charge on any atom is -0.380 e. The van der Waals surface area contributed by atoms with Crippen LogP contribution in [0.3, 0.4) is 0 Å². The summed E-state index contributed by atoms with van der Waals surface area (Å²) in [5, 5.41) is 3.27. The molecule has 14 heavy (non-hydrogen) atoms. The lowest BCUT2D eigenvalue weighted by atomic mass is 10.1. The van der Waals surface area contributed by atoms with Crippen molar-refractivity contribution in [2.45, 2.75) is 38.3 Å². The molecule has 84 valence electrons. The maximum atomic E-state index is 5.40. The van der Waals surface area contributed by atoms with Gasteiger partial charge in [-0.15, -0.1) is 0 Å². The van der Waals surface area contributed by atoms with Crippen LogP contribution in [0.1, 0.15) is 26.2 Å². The molecule has 1 saturated heterocycles. The maximum absolute atomic E-state index is 5.40. The van der Waals surface area contributed by atoms with E-state index in [9.17, 15) is 0 Å². The number of nitrogens with one attached hydrogen (secondary N) is 1. The van der Waals surface area contributed by atoms with Crippen LogP contribution in [0.4, 0.5) is 0 Å². The first-order valence-electron chi connectivity index (χ1n) is 5.68. The summed E-state index contributed by atoms with van der Waals surface area (Å²) in [7, 11) is 3.85. The summed E-state index contributed by atoms with van der Waals surface area (Å²) >= 11 is 0. The van der Waals surface area contributed by atoms with E-state index in [1.807, 2.05) is 14.2 Å². The molecule has 0 aromatic carbocycles. The second-order valence-electron chi connectivity index (χ2n) is 4.28. The molecule has 2 unspecified atom stereocenters. The second-order valence-corrected chi connectivity index (χ2v) is 4.28. The van der Waals surface area contributed by atoms with Crippen molar-refractivity contribution >= 4 is 0 Å². The molecule has 0 radical (unpaired) electrons. The van der Waals surface area contributed by atoms with Gasteiger partial charge in [0.25, 0.3) is 0 Å². The normalized spacial score (nSPS) is 26.4. The molecule has 0 amide bonds. The van der Waals surface area contributed by atoms with Crippen molar-refractivity contribution in [2.75, 3.05) is 33.8 Å². The van der Waals surface area contributed by atoms with E-state index < -0.39 is 0 Å². The summed E-state index contributed by atoms with van der Waals surface area (Å²) in [4.78, 5) is 2.52. The quantitative estimate of drug-likeness (QED) is 0.719. The Morgan fingerprint density at radius 2 is 2.36 bits per heavy atom. The Balaban J connectivity index is 2.17. The number of piperidine rings is 1. The van der Waals surface area contributed by atoms with Gasteiger partial charge in [-0.05, 0) is 46.3 Å². The first-order chi connectivity index (χ1) is 6.76. The standard InChI is InChI=1S/C11H24N2O/c1-10(12-2)6-8-13-7-4-5-11(9-13)14-3/h10-12H,4-9H2,1-3H3. The van der Waals surface area contributed by atoms with Gasteiger partial charge in [-0.25, -0.2) is 0 Å². The number of rotatable bonds is 5. The number of likely N-dealkylation sites (tertiary alicyclic amines) is 1. The van der Waals surface area contributed by atoms with Crippen molar-refractivity contribution in [3.8, 4) is 0 Å². The minimum absolute atomic E-state index is 0.466. The molecule has 1 N–H and O–H groups in total. The lowest BCUT2D eigenvalue weighted by molar-refractivity contribution is 0.0304. The van der Waals surface area contributed by atoms with Crippen LogP contribution in [-0.4, -0.2) is 50.8 Å². The third-order valence-corrected chi connectivity index (χ3v) is 3.17. The molecule has 0 spiro atoms. The fourth-order valence-corrected chi connectivity index (χ4v) is 1.93. The Bertz CT molecular complexity index is 152. The topological polar surface area (TPSA) is 24.5 Å². The van der Waals surface area contributed by atoms with E-state index in [1.54, 1.807) is 0 Å². The molecule has 1 rings (SSSR count). The number of hydrogen-bond acceptors (Lipinski definition) is 3. The first-order valence-corrected chi connectivity index (χ1v) is 5.68. The van der Waals surface area contributed by atoms with Gasteiger partial charge in [0.2, 0.25) is 0 Å². The van der Waals surface area contributed by atoms with E-state index in [1.165, 1.54) is 32.4 Å². The van der Waals surface area contributed by atoms with Gasteiger partial charge in [0.1, 0.15) is 0 Å². The highest BCUT2D eigenvalue weighted by Gasteiger charge is 2.18. The maximum Gasteiger partial charge on any atom is 0.0698 e. The SMILES string of the molecule is CNC(C)CCN1CCCC(OC)C1. The van der Waals surface area contributed by atoms with Crippen molar-refractivity contribution < 1.29 is 4.74 Å². The van der Waals surface area contributed by atoms with Gasteiger partial charge in [-0.2, -0.15) is 0 Å². The summed E-state index contributed by atoms with van der Waals surface area (Å²) in [5.41, 5.74) is 0. The third kappa shape index (κ3) is 3.95. The molecule has 1 aliphatic heterocycles. The zero-order valence-electron chi connectivity index (χ0n) is 9.75. The molecule has 3 nitrogen and oxygen atoms in total. The number of methoxy groups -OCH3 is 1. The highest BCUT2D eigenvalue weighted by Crippen LogP contribution is 2.12. The number of hydrogen-bond donors (Lipinski definition) is 1. The molecule has 3 heteroatoms. The Labute approximate surface area is 87.8 Å². The number of ether oxygens (including phenoxy) is 1. The van der Waals surface area contributed by atoms with Crippen LogP contribution in [0.5, 0.6) is 0 Å². The highest BCUT2D eigenvalue weighted by molar-refractivity contribution is 4.74. The van der Waals surface area contributed by atoms with Gasteiger partial charge in [-0.3, -0.25) is 0 Å². The molecule has 0 aromatic heterocycles. The van der Waals surface area contributed by atoms with Crippen LogP contribution in [0.25, 0.3) is 0 Å².